The molecule has 9 heteroatoms. The minimum atomic E-state index is -0.476. The Hall–Kier alpha value is -2.23. The molecule has 0 aromatic heterocycles. The lowest BCUT2D eigenvalue weighted by molar-refractivity contribution is -0.128. The second-order valence-corrected chi connectivity index (χ2v) is 6.25. The number of amides is 2. The fourth-order valence-corrected chi connectivity index (χ4v) is 3.15. The Kier molecular flexibility index (Phi) is 6.02. The number of hydrogen-bond acceptors (Lipinski definition) is 6. The number of methoxy groups -OCH3 is 1. The predicted octanol–water partition coefficient (Wildman–Crippen LogP) is 0.257. The van der Waals surface area contributed by atoms with Crippen LogP contribution in [0, 0.1) is 5.82 Å². The van der Waals surface area contributed by atoms with Crippen molar-refractivity contribution in [3.63, 3.8) is 0 Å². The van der Waals surface area contributed by atoms with Gasteiger partial charge in [-0.2, -0.15) is 0 Å². The van der Waals surface area contributed by atoms with Crippen LogP contribution < -0.4 is 20.7 Å². The molecule has 0 spiro atoms. The number of nitrogens with zero attached hydrogens (tertiary/aromatic N) is 1. The first-order valence-corrected chi connectivity index (χ1v) is 8.56. The predicted molar refractivity (Wildman–Crippen MR) is 92.1 cm³/mol. The highest BCUT2D eigenvalue weighted by atomic mass is 19.1. The van der Waals surface area contributed by atoms with Crippen LogP contribution in [0.3, 0.4) is 0 Å². The third kappa shape index (κ3) is 4.69. The van der Waals surface area contributed by atoms with Crippen LogP contribution >= 0.6 is 0 Å². The number of halogens is 1. The van der Waals surface area contributed by atoms with Gasteiger partial charge in [0.15, 0.2) is 0 Å². The fourth-order valence-electron chi connectivity index (χ4n) is 3.15. The average molecular weight is 366 g/mol. The highest BCUT2D eigenvalue weighted by Gasteiger charge is 2.31. The monoisotopic (exact) mass is 366 g/mol. The van der Waals surface area contributed by atoms with Gasteiger partial charge in [0.2, 0.25) is 11.8 Å². The van der Waals surface area contributed by atoms with E-state index in [0.717, 1.165) is 13.1 Å². The van der Waals surface area contributed by atoms with Gasteiger partial charge in [0.1, 0.15) is 11.6 Å². The quantitative estimate of drug-likeness (QED) is 0.692. The molecule has 0 bridgehead atoms. The van der Waals surface area contributed by atoms with Gasteiger partial charge in [-0.3, -0.25) is 19.8 Å². The van der Waals surface area contributed by atoms with E-state index < -0.39 is 12.0 Å². The van der Waals surface area contributed by atoms with Gasteiger partial charge in [0.25, 0.3) is 0 Å². The molecular weight excluding hydrogens is 343 g/mol. The van der Waals surface area contributed by atoms with E-state index in [0.29, 0.717) is 25.3 Å². The third-order valence-electron chi connectivity index (χ3n) is 4.42. The van der Waals surface area contributed by atoms with Crippen LogP contribution in [-0.4, -0.2) is 62.5 Å². The minimum Gasteiger partial charge on any atom is -0.494 e. The lowest BCUT2D eigenvalue weighted by Gasteiger charge is -2.40. The maximum Gasteiger partial charge on any atom is 0.227 e. The van der Waals surface area contributed by atoms with Crippen molar-refractivity contribution in [2.75, 3.05) is 38.7 Å². The lowest BCUT2D eigenvalue weighted by Crippen LogP contribution is -2.63. The topological polar surface area (TPSA) is 91.9 Å². The molecule has 1 aromatic rings. The second kappa shape index (κ2) is 8.43. The normalized spacial score (nSPS) is 24.0. The molecule has 0 saturated carbocycles. The van der Waals surface area contributed by atoms with Crippen LogP contribution in [0.1, 0.15) is 12.8 Å². The van der Waals surface area contributed by atoms with E-state index in [4.69, 9.17) is 9.47 Å². The van der Waals surface area contributed by atoms with Crippen molar-refractivity contribution in [2.45, 2.75) is 25.2 Å². The molecule has 2 aliphatic rings. The molecule has 0 aliphatic carbocycles. The molecular formula is C17H23FN4O4. The summed E-state index contributed by atoms with van der Waals surface area (Å²) in [5, 5.41) is 8.76. The van der Waals surface area contributed by atoms with Gasteiger partial charge in [-0.05, 0) is 12.1 Å². The van der Waals surface area contributed by atoms with Gasteiger partial charge < -0.3 is 20.1 Å². The summed E-state index contributed by atoms with van der Waals surface area (Å²) in [7, 11) is 1.40. The molecule has 26 heavy (non-hydrogen) atoms. The molecule has 142 valence electrons. The number of benzene rings is 1. The zero-order chi connectivity index (χ0) is 18.5. The van der Waals surface area contributed by atoms with Gasteiger partial charge in [-0.1, -0.05) is 0 Å². The number of hydrogen-bond donors (Lipinski definition) is 3. The molecule has 2 fully saturated rings. The summed E-state index contributed by atoms with van der Waals surface area (Å²) in [6.45, 7) is 2.76. The Morgan fingerprint density at radius 1 is 1.42 bits per heavy atom. The molecule has 2 heterocycles. The maximum atomic E-state index is 13.2. The molecule has 0 radical (unpaired) electrons. The van der Waals surface area contributed by atoms with Crippen molar-refractivity contribution in [1.29, 1.82) is 0 Å². The third-order valence-corrected chi connectivity index (χ3v) is 4.42. The van der Waals surface area contributed by atoms with Crippen LogP contribution in [0.25, 0.3) is 0 Å². The summed E-state index contributed by atoms with van der Waals surface area (Å²) in [4.78, 5) is 26.5. The SMILES string of the molecule is COc1cc(F)ccc1NC(=O)CC1NC(=O)CC(N2CCOCC2)N1. The van der Waals surface area contributed by atoms with Gasteiger partial charge in [-0.25, -0.2) is 4.39 Å². The van der Waals surface area contributed by atoms with E-state index in [9.17, 15) is 14.0 Å². The van der Waals surface area contributed by atoms with Gasteiger partial charge in [0, 0.05) is 19.2 Å². The number of carbonyl (C=O) groups excluding carboxylic acids is 2. The first-order chi connectivity index (χ1) is 12.5. The molecule has 2 amide bonds. The smallest absolute Gasteiger partial charge is 0.227 e. The summed E-state index contributed by atoms with van der Waals surface area (Å²) in [5.41, 5.74) is 0.380. The number of anilines is 1. The van der Waals surface area contributed by atoms with Crippen molar-refractivity contribution in [1.82, 2.24) is 15.5 Å². The van der Waals surface area contributed by atoms with Crippen LogP contribution in [-0.2, 0) is 14.3 Å². The van der Waals surface area contributed by atoms with Crippen molar-refractivity contribution in [3.8, 4) is 5.75 Å². The molecule has 3 N–H and O–H groups in total. The largest absolute Gasteiger partial charge is 0.494 e. The first kappa shape index (κ1) is 18.6. The Bertz CT molecular complexity index is 666. The van der Waals surface area contributed by atoms with E-state index in [1.54, 1.807) is 0 Å². The van der Waals surface area contributed by atoms with Crippen LogP contribution in [0.4, 0.5) is 10.1 Å². The summed E-state index contributed by atoms with van der Waals surface area (Å²) in [6.07, 6.45) is -0.210. The highest BCUT2D eigenvalue weighted by Crippen LogP contribution is 2.25. The molecule has 2 unspecified atom stereocenters. The zero-order valence-electron chi connectivity index (χ0n) is 14.6. The Morgan fingerprint density at radius 3 is 2.92 bits per heavy atom. The maximum absolute atomic E-state index is 13.2. The highest BCUT2D eigenvalue weighted by molar-refractivity contribution is 5.93. The molecule has 3 rings (SSSR count). The number of morpholine rings is 1. The Morgan fingerprint density at radius 2 is 2.19 bits per heavy atom. The minimum absolute atomic E-state index is 0.0487. The lowest BCUT2D eigenvalue weighted by atomic mass is 10.1. The molecule has 2 atom stereocenters. The van der Waals surface area contributed by atoms with Crippen molar-refractivity contribution >= 4 is 17.5 Å². The number of carbonyl (C=O) groups is 2. The van der Waals surface area contributed by atoms with Crippen molar-refractivity contribution < 1.29 is 23.5 Å². The first-order valence-electron chi connectivity index (χ1n) is 8.56. The zero-order valence-corrected chi connectivity index (χ0v) is 14.6. The number of ether oxygens (including phenoxy) is 2. The van der Waals surface area contributed by atoms with Crippen molar-refractivity contribution in [2.24, 2.45) is 0 Å². The van der Waals surface area contributed by atoms with E-state index in [-0.39, 0.29) is 30.2 Å². The van der Waals surface area contributed by atoms with E-state index >= 15 is 0 Å². The van der Waals surface area contributed by atoms with Crippen molar-refractivity contribution in [3.05, 3.63) is 24.0 Å². The van der Waals surface area contributed by atoms with E-state index in [1.165, 1.54) is 25.3 Å². The van der Waals surface area contributed by atoms with Gasteiger partial charge in [-0.15, -0.1) is 0 Å². The van der Waals surface area contributed by atoms with E-state index in [1.807, 2.05) is 0 Å². The summed E-state index contributed by atoms with van der Waals surface area (Å²) in [6, 6.07) is 3.88. The average Bonchev–Trinajstić information content (AvgIpc) is 2.63. The van der Waals surface area contributed by atoms with Crippen LogP contribution in [0.5, 0.6) is 5.75 Å². The number of nitrogens with one attached hydrogen (secondary N) is 3. The van der Waals surface area contributed by atoms with Gasteiger partial charge in [0.05, 0.1) is 51.2 Å². The summed E-state index contributed by atoms with van der Waals surface area (Å²) in [5.74, 6) is -0.618. The summed E-state index contributed by atoms with van der Waals surface area (Å²) >= 11 is 0. The molecule has 1 aromatic carbocycles. The van der Waals surface area contributed by atoms with Gasteiger partial charge >= 0.3 is 0 Å². The number of rotatable bonds is 5. The standard InChI is InChI=1S/C17H23FN4O4/c1-25-13-8-11(18)2-3-12(13)19-16(23)9-14-20-15(10-17(24)21-14)22-4-6-26-7-5-22/h2-3,8,14-15,20H,4-7,9-10H2,1H3,(H,19,23)(H,21,24). The molecule has 2 aliphatic heterocycles. The van der Waals surface area contributed by atoms with Crippen LogP contribution in [0.2, 0.25) is 0 Å². The van der Waals surface area contributed by atoms with E-state index in [2.05, 4.69) is 20.9 Å². The summed E-state index contributed by atoms with van der Waals surface area (Å²) < 4.78 is 23.6. The Labute approximate surface area is 151 Å². The molecule has 8 nitrogen and oxygen atoms in total. The molecule has 2 saturated heterocycles. The van der Waals surface area contributed by atoms with Crippen LogP contribution in [0.15, 0.2) is 18.2 Å². The fraction of sp³-hybridized carbons (Fsp3) is 0.529. The Balaban J connectivity index is 1.58. The second-order valence-electron chi connectivity index (χ2n) is 6.25.